The molecule has 0 aromatic heterocycles. The first kappa shape index (κ1) is 17.7. The van der Waals surface area contributed by atoms with Crippen LogP contribution in [0, 0.1) is 11.8 Å². The Bertz CT molecular complexity index is 849. The molecule has 7 heteroatoms. The van der Waals surface area contributed by atoms with Gasteiger partial charge in [-0.15, -0.1) is 0 Å². The third-order valence-electron chi connectivity index (χ3n) is 4.45. The maximum Gasteiger partial charge on any atom is 0.303 e. The van der Waals surface area contributed by atoms with E-state index in [0.717, 1.165) is 11.1 Å². The van der Waals surface area contributed by atoms with Gasteiger partial charge in [0.2, 0.25) is 11.8 Å². The number of amides is 3. The van der Waals surface area contributed by atoms with Crippen molar-refractivity contribution in [1.29, 1.82) is 0 Å². The number of piperidine rings is 1. The highest BCUT2D eigenvalue weighted by atomic mass is 16.4. The smallest absolute Gasteiger partial charge is 0.303 e. The number of nitrogens with zero attached hydrogens (tertiary/aromatic N) is 1. The molecule has 3 amide bonds. The van der Waals surface area contributed by atoms with Crippen LogP contribution in [-0.4, -0.2) is 39.7 Å². The van der Waals surface area contributed by atoms with Crippen LogP contribution in [0.5, 0.6) is 0 Å². The fraction of sp³-hybridized carbons (Fsp3) is 0.368. The van der Waals surface area contributed by atoms with Gasteiger partial charge in [-0.25, -0.2) is 0 Å². The Morgan fingerprint density at radius 2 is 2.12 bits per heavy atom. The van der Waals surface area contributed by atoms with E-state index in [9.17, 15) is 19.2 Å². The lowest BCUT2D eigenvalue weighted by atomic mass is 10.0. The van der Waals surface area contributed by atoms with Gasteiger partial charge in [0.25, 0.3) is 5.91 Å². The van der Waals surface area contributed by atoms with E-state index in [-0.39, 0.29) is 24.7 Å². The normalized spacial score (nSPS) is 18.8. The van der Waals surface area contributed by atoms with Crippen LogP contribution in [0.4, 0.5) is 0 Å². The van der Waals surface area contributed by atoms with Crippen LogP contribution >= 0.6 is 0 Å². The van der Waals surface area contributed by atoms with Gasteiger partial charge in [0.15, 0.2) is 0 Å². The molecule has 2 heterocycles. The van der Waals surface area contributed by atoms with E-state index in [4.69, 9.17) is 5.11 Å². The molecule has 0 saturated carbocycles. The lowest BCUT2D eigenvalue weighted by Gasteiger charge is -2.29. The molecule has 1 aromatic rings. The highest BCUT2D eigenvalue weighted by molar-refractivity contribution is 6.05. The number of imide groups is 1. The van der Waals surface area contributed by atoms with Crippen molar-refractivity contribution in [3.8, 4) is 11.8 Å². The molecule has 0 radical (unpaired) electrons. The van der Waals surface area contributed by atoms with Gasteiger partial charge in [0, 0.05) is 36.9 Å². The Hall–Kier alpha value is -3.14. The number of nitrogens with one attached hydrogen (secondary N) is 1. The molecule has 2 N–H and O–H groups in total. The van der Waals surface area contributed by atoms with E-state index in [1.165, 1.54) is 4.90 Å². The second kappa shape index (κ2) is 7.40. The Morgan fingerprint density at radius 3 is 2.85 bits per heavy atom. The molecule has 7 nitrogen and oxygen atoms in total. The molecule has 1 saturated heterocycles. The number of rotatable bonds is 4. The molecule has 26 heavy (non-hydrogen) atoms. The molecule has 0 aliphatic carbocycles. The lowest BCUT2D eigenvalue weighted by Crippen LogP contribution is -2.52. The van der Waals surface area contributed by atoms with Gasteiger partial charge in [-0.1, -0.05) is 11.8 Å². The van der Waals surface area contributed by atoms with Crippen molar-refractivity contribution in [2.45, 2.75) is 44.7 Å². The first-order chi connectivity index (χ1) is 12.5. The molecule has 0 bridgehead atoms. The number of hydrogen-bond donors (Lipinski definition) is 2. The maximum atomic E-state index is 12.6. The fourth-order valence-electron chi connectivity index (χ4n) is 3.14. The van der Waals surface area contributed by atoms with Gasteiger partial charge < -0.3 is 10.0 Å². The number of carbonyl (C=O) groups is 4. The summed E-state index contributed by atoms with van der Waals surface area (Å²) in [5.41, 5.74) is 2.10. The van der Waals surface area contributed by atoms with E-state index >= 15 is 0 Å². The molecule has 1 fully saturated rings. The Balaban J connectivity index is 1.68. The summed E-state index contributed by atoms with van der Waals surface area (Å²) < 4.78 is 0. The SMILES string of the molecule is O=C(O)CCCC#Cc1ccc2c(c1)CN(C1CCC(=O)NC1=O)C2=O. The largest absolute Gasteiger partial charge is 0.481 e. The zero-order valence-electron chi connectivity index (χ0n) is 14.1. The first-order valence-corrected chi connectivity index (χ1v) is 8.44. The summed E-state index contributed by atoms with van der Waals surface area (Å²) >= 11 is 0. The highest BCUT2D eigenvalue weighted by Crippen LogP contribution is 2.28. The van der Waals surface area contributed by atoms with E-state index in [0.29, 0.717) is 31.4 Å². The molecule has 2 aliphatic rings. The van der Waals surface area contributed by atoms with Crippen molar-refractivity contribution < 1.29 is 24.3 Å². The Kier molecular flexibility index (Phi) is 5.03. The van der Waals surface area contributed by atoms with Crippen LogP contribution in [0.1, 0.15) is 53.6 Å². The van der Waals surface area contributed by atoms with E-state index in [1.807, 2.05) is 6.07 Å². The van der Waals surface area contributed by atoms with Crippen LogP contribution in [0.3, 0.4) is 0 Å². The predicted octanol–water partition coefficient (Wildman–Crippen LogP) is 1.05. The molecular weight excluding hydrogens is 336 g/mol. The first-order valence-electron chi connectivity index (χ1n) is 8.44. The molecule has 3 rings (SSSR count). The summed E-state index contributed by atoms with van der Waals surface area (Å²) in [4.78, 5) is 47.8. The third-order valence-corrected chi connectivity index (χ3v) is 4.45. The lowest BCUT2D eigenvalue weighted by molar-refractivity contribution is -0.138. The molecule has 0 spiro atoms. The zero-order chi connectivity index (χ0) is 18.7. The van der Waals surface area contributed by atoms with Crippen LogP contribution in [0.2, 0.25) is 0 Å². The molecule has 134 valence electrons. The number of benzene rings is 1. The van der Waals surface area contributed by atoms with E-state index in [1.54, 1.807) is 12.1 Å². The van der Waals surface area contributed by atoms with Crippen molar-refractivity contribution in [3.63, 3.8) is 0 Å². The number of fused-ring (bicyclic) bond motifs is 1. The number of aliphatic carboxylic acids is 1. The summed E-state index contributed by atoms with van der Waals surface area (Å²) in [6.45, 7) is 0.314. The standard InChI is InChI=1S/C19H18N2O5/c22-16-9-8-15(18(25)20-16)21-11-13-10-12(6-7-14(13)19(21)26)4-2-1-3-5-17(23)24/h6-7,10,15H,1,3,5,8-9,11H2,(H,23,24)(H,20,22,25). The number of carboxylic acids is 1. The Labute approximate surface area is 150 Å². The van der Waals surface area contributed by atoms with Gasteiger partial charge in [-0.3, -0.25) is 24.5 Å². The monoisotopic (exact) mass is 354 g/mol. The van der Waals surface area contributed by atoms with Crippen LogP contribution in [0.15, 0.2) is 18.2 Å². The average molecular weight is 354 g/mol. The maximum absolute atomic E-state index is 12.6. The van der Waals surface area contributed by atoms with Crippen molar-refractivity contribution in [1.82, 2.24) is 10.2 Å². The summed E-state index contributed by atoms with van der Waals surface area (Å²) in [6, 6.07) is 4.64. The average Bonchev–Trinajstić information content (AvgIpc) is 2.90. The molecule has 1 unspecified atom stereocenters. The predicted molar refractivity (Wildman–Crippen MR) is 90.9 cm³/mol. The van der Waals surface area contributed by atoms with Gasteiger partial charge in [0.05, 0.1) is 0 Å². The van der Waals surface area contributed by atoms with Gasteiger partial charge in [-0.05, 0) is 36.6 Å². The highest BCUT2D eigenvalue weighted by Gasteiger charge is 2.38. The molecular formula is C19H18N2O5. The minimum absolute atomic E-state index is 0.0916. The van der Waals surface area contributed by atoms with Crippen molar-refractivity contribution in [3.05, 3.63) is 34.9 Å². The minimum Gasteiger partial charge on any atom is -0.481 e. The summed E-state index contributed by atoms with van der Waals surface area (Å²) in [5.74, 6) is 4.12. The summed E-state index contributed by atoms with van der Waals surface area (Å²) in [5, 5.41) is 10.9. The second-order valence-corrected chi connectivity index (χ2v) is 6.32. The van der Waals surface area contributed by atoms with Crippen molar-refractivity contribution in [2.24, 2.45) is 0 Å². The second-order valence-electron chi connectivity index (χ2n) is 6.32. The van der Waals surface area contributed by atoms with Crippen LogP contribution in [0.25, 0.3) is 0 Å². The fourth-order valence-corrected chi connectivity index (χ4v) is 3.14. The van der Waals surface area contributed by atoms with E-state index < -0.39 is 17.9 Å². The summed E-state index contributed by atoms with van der Waals surface area (Å²) in [6.07, 6.45) is 1.64. The molecule has 1 atom stereocenters. The topological polar surface area (TPSA) is 104 Å². The third kappa shape index (κ3) is 3.75. The zero-order valence-corrected chi connectivity index (χ0v) is 14.1. The Morgan fingerprint density at radius 1 is 1.31 bits per heavy atom. The number of carbonyl (C=O) groups excluding carboxylic acids is 3. The molecule has 1 aromatic carbocycles. The van der Waals surface area contributed by atoms with Crippen molar-refractivity contribution >= 4 is 23.7 Å². The minimum atomic E-state index is -0.837. The van der Waals surface area contributed by atoms with Gasteiger partial charge in [0.1, 0.15) is 6.04 Å². The number of carboxylic acid groups (broad SMARTS) is 1. The molecule has 2 aliphatic heterocycles. The summed E-state index contributed by atoms with van der Waals surface area (Å²) in [7, 11) is 0. The van der Waals surface area contributed by atoms with Crippen molar-refractivity contribution in [2.75, 3.05) is 0 Å². The van der Waals surface area contributed by atoms with E-state index in [2.05, 4.69) is 17.2 Å². The quantitative estimate of drug-likeness (QED) is 0.478. The number of hydrogen-bond acceptors (Lipinski definition) is 4. The van der Waals surface area contributed by atoms with Gasteiger partial charge in [-0.2, -0.15) is 0 Å². The van der Waals surface area contributed by atoms with Crippen LogP contribution in [-0.2, 0) is 20.9 Å². The van der Waals surface area contributed by atoms with Crippen LogP contribution < -0.4 is 5.32 Å². The van der Waals surface area contributed by atoms with Gasteiger partial charge >= 0.3 is 5.97 Å². The number of unbranched alkanes of at least 4 members (excludes halogenated alkanes) is 1.